The van der Waals surface area contributed by atoms with Crippen LogP contribution in [0.3, 0.4) is 0 Å². The van der Waals surface area contributed by atoms with Crippen LogP contribution in [0.15, 0.2) is 18.2 Å². The van der Waals surface area contributed by atoms with E-state index in [4.69, 9.17) is 9.47 Å². The Balaban J connectivity index is -0.000000179. The third-order valence-corrected chi connectivity index (χ3v) is 3.85. The molecule has 1 aliphatic rings. The summed E-state index contributed by atoms with van der Waals surface area (Å²) in [5, 5.41) is 0. The molecule has 1 aliphatic carbocycles. The van der Waals surface area contributed by atoms with Crippen LogP contribution in [-0.2, 0) is 74.5 Å². The monoisotopic (exact) mass is 639 g/mol. The summed E-state index contributed by atoms with van der Waals surface area (Å²) in [6.45, 7) is 16.0. The van der Waals surface area contributed by atoms with Crippen LogP contribution >= 0.6 is 0 Å². The number of methoxy groups -OCH3 is 1. The van der Waals surface area contributed by atoms with E-state index in [1.807, 2.05) is 73.6 Å². The van der Waals surface area contributed by atoms with Crippen LogP contribution in [0.4, 0.5) is 0 Å². The van der Waals surface area contributed by atoms with Crippen LogP contribution < -0.4 is 0 Å². The maximum Gasteiger partial charge on any atom is 0.308 e. The molecule has 1 saturated carbocycles. The van der Waals surface area contributed by atoms with Gasteiger partial charge >= 0.3 is 5.97 Å². The average Bonchev–Trinajstić information content (AvgIpc) is 3.03. The van der Waals surface area contributed by atoms with Crippen molar-refractivity contribution < 1.29 is 68.0 Å². The molecule has 0 bridgehead atoms. The molecule has 0 heterocycles. The molecule has 1 fully saturated rings. The SMILES string of the molecule is CC.CC.CC.COC1CCC(C)(OC(=O)Cc2[c-]cccc2C)C1.[CH3-].[W].[Y]. The number of benzene rings is 1. The molecule has 0 spiro atoms. The summed E-state index contributed by atoms with van der Waals surface area (Å²) in [5.74, 6) is -0.176. The molecule has 0 amide bonds. The predicted octanol–water partition coefficient (Wildman–Crippen LogP) is 6.36. The summed E-state index contributed by atoms with van der Waals surface area (Å²) >= 11 is 0. The maximum atomic E-state index is 12.0. The Morgan fingerprint density at radius 1 is 1.21 bits per heavy atom. The van der Waals surface area contributed by atoms with Crippen molar-refractivity contribution in [2.24, 2.45) is 0 Å². The number of rotatable bonds is 4. The Morgan fingerprint density at radius 3 is 2.18 bits per heavy atom. The third-order valence-electron chi connectivity index (χ3n) is 3.85. The van der Waals surface area contributed by atoms with Crippen molar-refractivity contribution in [3.05, 3.63) is 42.8 Å². The average molecular weight is 639 g/mol. The van der Waals surface area contributed by atoms with E-state index in [1.54, 1.807) is 7.11 Å². The summed E-state index contributed by atoms with van der Waals surface area (Å²) in [6, 6.07) is 8.83. The van der Waals surface area contributed by atoms with Gasteiger partial charge in [0.15, 0.2) is 0 Å². The molecule has 1 aromatic rings. The summed E-state index contributed by atoms with van der Waals surface area (Å²) in [4.78, 5) is 12.0. The first-order valence-corrected chi connectivity index (χ1v) is 9.73. The Labute approximate surface area is 215 Å². The van der Waals surface area contributed by atoms with E-state index in [2.05, 4.69) is 6.07 Å². The Kier molecular flexibility index (Phi) is 33.0. The molecule has 2 rings (SSSR count). The van der Waals surface area contributed by atoms with E-state index in [-0.39, 0.29) is 78.9 Å². The minimum Gasteiger partial charge on any atom is -0.459 e. The van der Waals surface area contributed by atoms with Gasteiger partial charge in [-0.15, -0.1) is 5.56 Å². The van der Waals surface area contributed by atoms with Crippen LogP contribution in [0.25, 0.3) is 0 Å². The smallest absolute Gasteiger partial charge is 0.308 e. The van der Waals surface area contributed by atoms with Crippen LogP contribution in [0.2, 0.25) is 0 Å². The minimum absolute atomic E-state index is 0. The summed E-state index contributed by atoms with van der Waals surface area (Å²) in [7, 11) is 1.71. The van der Waals surface area contributed by atoms with Crippen molar-refractivity contribution in [3.63, 3.8) is 0 Å². The fourth-order valence-electron chi connectivity index (χ4n) is 2.65. The van der Waals surface area contributed by atoms with E-state index in [0.717, 1.165) is 30.4 Å². The van der Waals surface area contributed by atoms with Gasteiger partial charge in [0, 0.05) is 73.7 Å². The van der Waals surface area contributed by atoms with Gasteiger partial charge in [-0.05, 0) is 19.8 Å². The number of carbonyl (C=O) groups is 1. The first kappa shape index (κ1) is 39.0. The number of hydrogen-bond donors (Lipinski definition) is 0. The van der Waals surface area contributed by atoms with E-state index >= 15 is 0 Å². The van der Waals surface area contributed by atoms with Crippen LogP contribution in [0.1, 0.15) is 78.9 Å². The van der Waals surface area contributed by atoms with Crippen molar-refractivity contribution in [2.75, 3.05) is 7.11 Å². The van der Waals surface area contributed by atoms with E-state index in [1.165, 1.54) is 0 Å². The first-order chi connectivity index (χ1) is 12.0. The topological polar surface area (TPSA) is 35.5 Å². The van der Waals surface area contributed by atoms with E-state index in [0.29, 0.717) is 6.42 Å². The van der Waals surface area contributed by atoms with Gasteiger partial charge in [-0.2, -0.15) is 29.8 Å². The molecule has 163 valence electrons. The van der Waals surface area contributed by atoms with Gasteiger partial charge in [-0.3, -0.25) is 4.79 Å². The zero-order valence-electron chi connectivity index (χ0n) is 19.8. The molecule has 1 radical (unpaired) electrons. The number of esters is 1. The molecule has 2 unspecified atom stereocenters. The van der Waals surface area contributed by atoms with Crippen molar-refractivity contribution in [2.45, 2.75) is 92.8 Å². The van der Waals surface area contributed by atoms with E-state index in [9.17, 15) is 4.79 Å². The van der Waals surface area contributed by atoms with Gasteiger partial charge < -0.3 is 16.9 Å². The van der Waals surface area contributed by atoms with Crippen LogP contribution in [0, 0.1) is 20.4 Å². The minimum atomic E-state index is -0.375. The third kappa shape index (κ3) is 15.3. The number of carbonyl (C=O) groups excluding carboxylic acids is 1. The molecule has 3 nitrogen and oxygen atoms in total. The Bertz CT molecular complexity index is 469. The molecule has 5 heteroatoms. The van der Waals surface area contributed by atoms with Crippen molar-refractivity contribution in [3.8, 4) is 0 Å². The summed E-state index contributed by atoms with van der Waals surface area (Å²) < 4.78 is 11.0. The quantitative estimate of drug-likeness (QED) is 0.284. The molecular formula is C23H42O3WY-2. The summed E-state index contributed by atoms with van der Waals surface area (Å²) in [5.41, 5.74) is 1.61. The Morgan fingerprint density at radius 2 is 1.75 bits per heavy atom. The zero-order valence-corrected chi connectivity index (χ0v) is 25.6. The van der Waals surface area contributed by atoms with Gasteiger partial charge in [0.2, 0.25) is 0 Å². The van der Waals surface area contributed by atoms with Gasteiger partial charge in [0.05, 0.1) is 6.10 Å². The molecule has 1 aromatic carbocycles. The fourth-order valence-corrected chi connectivity index (χ4v) is 2.65. The second-order valence-corrected chi connectivity index (χ2v) is 5.53. The molecule has 0 aliphatic heterocycles. The van der Waals surface area contributed by atoms with Crippen molar-refractivity contribution in [1.29, 1.82) is 0 Å². The summed E-state index contributed by atoms with van der Waals surface area (Å²) in [6.07, 6.45) is 3.11. The molecule has 2 atom stereocenters. The largest absolute Gasteiger partial charge is 0.459 e. The van der Waals surface area contributed by atoms with Gasteiger partial charge in [0.1, 0.15) is 5.60 Å². The molecular weight excluding hydrogens is 597 g/mol. The van der Waals surface area contributed by atoms with Crippen molar-refractivity contribution in [1.82, 2.24) is 0 Å². The van der Waals surface area contributed by atoms with Gasteiger partial charge in [0.25, 0.3) is 0 Å². The number of ether oxygens (including phenoxy) is 2. The van der Waals surface area contributed by atoms with E-state index < -0.39 is 0 Å². The number of hydrogen-bond acceptors (Lipinski definition) is 3. The molecule has 0 aromatic heterocycles. The second kappa shape index (κ2) is 23.7. The molecule has 0 N–H and O–H groups in total. The normalized spacial score (nSPS) is 18.5. The Hall–Kier alpha value is 0.442. The van der Waals surface area contributed by atoms with Crippen LogP contribution in [0.5, 0.6) is 0 Å². The zero-order chi connectivity index (χ0) is 19.9. The van der Waals surface area contributed by atoms with Gasteiger partial charge in [-0.25, -0.2) is 0 Å². The first-order valence-electron chi connectivity index (χ1n) is 9.73. The standard InChI is InChI=1S/C16H21O3.3C2H6.CH3.W.Y/c1-12-6-4-5-7-13(12)10-15(17)19-16(2)9-8-14(11-16)18-3;3*1-2;;;/h4-6,14H,8-11H2,1-3H3;3*1-2H3;1H3;;/q-1;;;;-1;;. The van der Waals surface area contributed by atoms with Gasteiger partial charge in [-0.1, -0.05) is 48.5 Å². The van der Waals surface area contributed by atoms with Crippen molar-refractivity contribution >= 4 is 5.97 Å². The fraction of sp³-hybridized carbons (Fsp3) is 0.652. The predicted molar refractivity (Wildman–Crippen MR) is 113 cm³/mol. The molecule has 0 saturated heterocycles. The van der Waals surface area contributed by atoms with Crippen LogP contribution in [-0.4, -0.2) is 24.8 Å². The molecule has 28 heavy (non-hydrogen) atoms. The maximum absolute atomic E-state index is 12.0. The second-order valence-electron chi connectivity index (χ2n) is 5.53. The number of aryl methyl sites for hydroxylation is 1.